The normalized spacial score (nSPS) is 11.5. The molecule has 0 aromatic heterocycles. The van der Waals surface area contributed by atoms with Crippen LogP contribution in [0.5, 0.6) is 0 Å². The Bertz CT molecular complexity index is 363. The van der Waals surface area contributed by atoms with Crippen LogP contribution in [0.25, 0.3) is 0 Å². The van der Waals surface area contributed by atoms with Crippen molar-refractivity contribution in [2.24, 2.45) is 17.8 Å². The molecule has 0 aliphatic heterocycles. The largest absolute Gasteiger partial charge is 0.481 e. The smallest absolute Gasteiger partial charge is 0.303 e. The molecule has 0 aromatic rings. The number of nitrogens with zero attached hydrogens (tertiary/aromatic N) is 1. The van der Waals surface area contributed by atoms with Gasteiger partial charge in [-0.15, -0.1) is 0 Å². The van der Waals surface area contributed by atoms with E-state index >= 15 is 0 Å². The van der Waals surface area contributed by atoms with Crippen LogP contribution in [0, 0.1) is 17.8 Å². The van der Waals surface area contributed by atoms with E-state index < -0.39 is 5.97 Å². The Morgan fingerprint density at radius 1 is 0.559 bits per heavy atom. The summed E-state index contributed by atoms with van der Waals surface area (Å²) in [5.41, 5.74) is 0. The number of hydrogen-bond donors (Lipinski definition) is 1. The van der Waals surface area contributed by atoms with Crippen molar-refractivity contribution in [2.75, 3.05) is 19.6 Å². The van der Waals surface area contributed by atoms with E-state index in [0.29, 0.717) is 6.42 Å². The summed E-state index contributed by atoms with van der Waals surface area (Å²) in [4.78, 5) is 12.7. The lowest BCUT2D eigenvalue weighted by atomic mass is 10.0. The van der Waals surface area contributed by atoms with Crippen molar-refractivity contribution in [3.8, 4) is 0 Å². The van der Waals surface area contributed by atoms with Gasteiger partial charge in [0.05, 0.1) is 0 Å². The highest BCUT2D eigenvalue weighted by Gasteiger charge is 2.06. The summed E-state index contributed by atoms with van der Waals surface area (Å²) in [6.45, 7) is 20.2. The lowest BCUT2D eigenvalue weighted by Crippen LogP contribution is -2.27. The summed E-state index contributed by atoms with van der Waals surface area (Å²) in [7, 11) is 0. The Balaban J connectivity index is 0. The van der Waals surface area contributed by atoms with Gasteiger partial charge in [-0.2, -0.15) is 0 Å². The topological polar surface area (TPSA) is 40.5 Å². The Kier molecular flexibility index (Phi) is 28.3. The van der Waals surface area contributed by atoms with Crippen molar-refractivity contribution in [1.29, 1.82) is 0 Å². The summed E-state index contributed by atoms with van der Waals surface area (Å²) in [6.07, 6.45) is 21.6. The zero-order chi connectivity index (χ0) is 26.0. The first-order chi connectivity index (χ1) is 16.2. The molecule has 0 fully saturated rings. The van der Waals surface area contributed by atoms with Crippen LogP contribution in [0.1, 0.15) is 158 Å². The molecule has 206 valence electrons. The molecular weight excluding hydrogens is 418 g/mol. The van der Waals surface area contributed by atoms with Crippen molar-refractivity contribution in [1.82, 2.24) is 4.90 Å². The molecule has 0 spiro atoms. The molecule has 0 aliphatic carbocycles. The SMILES string of the molecule is CC(C)CCCCCN(CCCCCC(C)C)CCCCCC(C)C.CCCCCCC(=O)O. The summed E-state index contributed by atoms with van der Waals surface area (Å²) in [5.74, 6) is 1.94. The van der Waals surface area contributed by atoms with Crippen LogP contribution >= 0.6 is 0 Å². The van der Waals surface area contributed by atoms with Crippen LogP contribution < -0.4 is 0 Å². The van der Waals surface area contributed by atoms with E-state index in [4.69, 9.17) is 5.11 Å². The first-order valence-electron chi connectivity index (χ1n) is 15.1. The van der Waals surface area contributed by atoms with Gasteiger partial charge in [0.25, 0.3) is 0 Å². The van der Waals surface area contributed by atoms with Crippen LogP contribution in [0.4, 0.5) is 0 Å². The average molecular weight is 484 g/mol. The third-order valence-corrected chi connectivity index (χ3v) is 6.51. The summed E-state index contributed by atoms with van der Waals surface area (Å²) >= 11 is 0. The molecule has 0 bridgehead atoms. The highest BCUT2D eigenvalue weighted by atomic mass is 16.4. The van der Waals surface area contributed by atoms with E-state index in [1.165, 1.54) is 103 Å². The van der Waals surface area contributed by atoms with E-state index in [9.17, 15) is 4.79 Å². The van der Waals surface area contributed by atoms with Gasteiger partial charge in [0.15, 0.2) is 0 Å². The maximum atomic E-state index is 9.96. The van der Waals surface area contributed by atoms with Crippen LogP contribution in [-0.4, -0.2) is 35.6 Å². The van der Waals surface area contributed by atoms with Crippen molar-refractivity contribution in [2.45, 2.75) is 158 Å². The molecule has 0 saturated heterocycles. The van der Waals surface area contributed by atoms with Crippen molar-refractivity contribution in [3.05, 3.63) is 0 Å². The predicted molar refractivity (Wildman–Crippen MR) is 153 cm³/mol. The van der Waals surface area contributed by atoms with Crippen LogP contribution in [0.3, 0.4) is 0 Å². The molecule has 0 amide bonds. The average Bonchev–Trinajstić information content (AvgIpc) is 2.75. The summed E-state index contributed by atoms with van der Waals surface area (Å²) < 4.78 is 0. The number of hydrogen-bond acceptors (Lipinski definition) is 2. The first-order valence-corrected chi connectivity index (χ1v) is 15.1. The second kappa shape index (κ2) is 27.0. The maximum Gasteiger partial charge on any atom is 0.303 e. The Morgan fingerprint density at radius 3 is 1.21 bits per heavy atom. The zero-order valence-corrected chi connectivity index (χ0v) is 24.7. The van der Waals surface area contributed by atoms with Crippen LogP contribution in [0.2, 0.25) is 0 Å². The van der Waals surface area contributed by atoms with Crippen molar-refractivity contribution < 1.29 is 9.90 Å². The minimum Gasteiger partial charge on any atom is -0.481 e. The number of unbranched alkanes of at least 4 members (excludes halogenated alkanes) is 9. The number of rotatable bonds is 23. The molecule has 0 atom stereocenters. The van der Waals surface area contributed by atoms with Crippen LogP contribution in [-0.2, 0) is 4.79 Å². The van der Waals surface area contributed by atoms with E-state index in [0.717, 1.165) is 37.0 Å². The van der Waals surface area contributed by atoms with Gasteiger partial charge in [-0.05, 0) is 63.1 Å². The molecule has 0 rings (SSSR count). The Labute approximate surface area is 215 Å². The van der Waals surface area contributed by atoms with E-state index in [1.54, 1.807) is 0 Å². The second-order valence-electron chi connectivity index (χ2n) is 11.8. The van der Waals surface area contributed by atoms with E-state index in [2.05, 4.69) is 53.4 Å². The zero-order valence-electron chi connectivity index (χ0n) is 24.7. The molecule has 0 aromatic carbocycles. The Hall–Kier alpha value is -0.570. The van der Waals surface area contributed by atoms with Gasteiger partial charge in [-0.1, -0.05) is 126 Å². The lowest BCUT2D eigenvalue weighted by Gasteiger charge is -2.22. The standard InChI is InChI=1S/C24H51N.C7H14O2/c1-22(2)16-10-7-13-19-25(20-14-8-11-17-23(3)4)21-15-9-12-18-24(5)6;1-2-3-4-5-6-7(8)9/h22-24H,7-21H2,1-6H3;2-6H2,1H3,(H,8,9). The molecule has 3 heteroatoms. The van der Waals surface area contributed by atoms with Crippen LogP contribution in [0.15, 0.2) is 0 Å². The molecular formula is C31H65NO2. The van der Waals surface area contributed by atoms with Gasteiger partial charge in [0.2, 0.25) is 0 Å². The fourth-order valence-corrected chi connectivity index (χ4v) is 4.23. The van der Waals surface area contributed by atoms with Gasteiger partial charge in [0, 0.05) is 6.42 Å². The Morgan fingerprint density at radius 2 is 0.912 bits per heavy atom. The van der Waals surface area contributed by atoms with Gasteiger partial charge in [-0.3, -0.25) is 4.79 Å². The third kappa shape index (κ3) is 33.6. The fraction of sp³-hybridized carbons (Fsp3) is 0.968. The molecule has 34 heavy (non-hydrogen) atoms. The van der Waals surface area contributed by atoms with E-state index in [1.807, 2.05) is 0 Å². The monoisotopic (exact) mass is 484 g/mol. The maximum absolute atomic E-state index is 9.96. The molecule has 0 saturated carbocycles. The number of carbonyl (C=O) groups is 1. The molecule has 0 unspecified atom stereocenters. The molecule has 0 aliphatic rings. The fourth-order valence-electron chi connectivity index (χ4n) is 4.23. The van der Waals surface area contributed by atoms with Gasteiger partial charge in [0.1, 0.15) is 0 Å². The van der Waals surface area contributed by atoms with Gasteiger partial charge in [-0.25, -0.2) is 0 Å². The number of carboxylic acid groups (broad SMARTS) is 1. The molecule has 1 N–H and O–H groups in total. The second-order valence-corrected chi connectivity index (χ2v) is 11.8. The van der Waals surface area contributed by atoms with Crippen molar-refractivity contribution >= 4 is 5.97 Å². The third-order valence-electron chi connectivity index (χ3n) is 6.51. The lowest BCUT2D eigenvalue weighted by molar-refractivity contribution is -0.137. The van der Waals surface area contributed by atoms with E-state index in [-0.39, 0.29) is 0 Å². The summed E-state index contributed by atoms with van der Waals surface area (Å²) in [6, 6.07) is 0. The number of aliphatic carboxylic acids is 1. The van der Waals surface area contributed by atoms with Gasteiger partial charge < -0.3 is 10.0 Å². The predicted octanol–water partition coefficient (Wildman–Crippen LogP) is 9.98. The molecule has 0 heterocycles. The highest BCUT2D eigenvalue weighted by Crippen LogP contribution is 2.13. The number of carboxylic acids is 1. The van der Waals surface area contributed by atoms with Gasteiger partial charge >= 0.3 is 5.97 Å². The minimum absolute atomic E-state index is 0.333. The molecule has 0 radical (unpaired) electrons. The highest BCUT2D eigenvalue weighted by molar-refractivity contribution is 5.66. The first kappa shape index (κ1) is 35.6. The van der Waals surface area contributed by atoms with Crippen molar-refractivity contribution in [3.63, 3.8) is 0 Å². The quantitative estimate of drug-likeness (QED) is 0.147. The molecule has 3 nitrogen and oxygen atoms in total. The summed E-state index contributed by atoms with van der Waals surface area (Å²) in [5, 5.41) is 8.21. The minimum atomic E-state index is -0.675.